The van der Waals surface area contributed by atoms with E-state index >= 15 is 0 Å². The molecule has 0 aliphatic rings. The fourth-order valence-corrected chi connectivity index (χ4v) is 2.61. The average molecular weight is 450 g/mol. The van der Waals surface area contributed by atoms with Gasteiger partial charge in [0.15, 0.2) is 17.3 Å². The Morgan fingerprint density at radius 2 is 1.09 bits per heavy atom. The monoisotopic (exact) mass is 450 g/mol. The number of ketones is 1. The summed E-state index contributed by atoms with van der Waals surface area (Å²) in [4.78, 5) is 67.0. The number of ether oxygens (including phenoxy) is 2. The lowest BCUT2D eigenvalue weighted by Gasteiger charge is -2.13. The number of anilines is 2. The molecule has 32 heavy (non-hydrogen) atoms. The second kappa shape index (κ2) is 9.24. The summed E-state index contributed by atoms with van der Waals surface area (Å²) < 4.78 is 9.04. The Morgan fingerprint density at radius 3 is 1.38 bits per heavy atom. The number of methoxy groups -OCH3 is 2. The van der Waals surface area contributed by atoms with E-state index in [1.165, 1.54) is 0 Å². The Bertz CT molecular complexity index is 1060. The van der Waals surface area contributed by atoms with Crippen molar-refractivity contribution in [1.29, 1.82) is 0 Å². The van der Waals surface area contributed by atoms with Crippen molar-refractivity contribution < 1.29 is 43.7 Å². The van der Waals surface area contributed by atoms with Crippen molar-refractivity contribution >= 4 is 29.1 Å². The summed E-state index contributed by atoms with van der Waals surface area (Å²) in [7, 11) is 1.97. The van der Waals surface area contributed by atoms with Gasteiger partial charge in [-0.15, -0.1) is 20.2 Å². The van der Waals surface area contributed by atoms with Crippen LogP contribution >= 0.6 is 0 Å². The molecule has 2 aromatic rings. The molecule has 0 heterocycles. The number of carbonyl (C=O) groups excluding carboxylic acids is 3. The van der Waals surface area contributed by atoms with Crippen LogP contribution in [0, 0.1) is 20.2 Å². The minimum Gasteiger partial charge on any atom is -0.465 e. The van der Waals surface area contributed by atoms with Gasteiger partial charge in [-0.1, -0.05) is 0 Å². The van der Waals surface area contributed by atoms with E-state index in [4.69, 9.17) is 11.5 Å². The van der Waals surface area contributed by atoms with Crippen molar-refractivity contribution in [3.63, 3.8) is 0 Å². The van der Waals surface area contributed by atoms with Gasteiger partial charge in [0.05, 0.1) is 36.7 Å². The zero-order chi connectivity index (χ0) is 24.2. The third kappa shape index (κ3) is 4.78. The summed E-state index contributed by atoms with van der Waals surface area (Å²) in [6, 6.07) is 3.78. The summed E-state index contributed by atoms with van der Waals surface area (Å²) in [6.07, 6.45) is 0. The molecule has 0 aromatic heterocycles. The minimum absolute atomic E-state index is 0.267. The molecule has 2 aromatic carbocycles. The van der Waals surface area contributed by atoms with Gasteiger partial charge in [0.1, 0.15) is 0 Å². The standard InChI is InChI=1S/C17H14N4O11/c1-29-16(23)9-3-7(5-11(18)14(9)31-20(25)26)13(22)8-4-10(17(24)30-2)15(12(19)6-8)32-21(27)28/h3-6H,18-19H2,1-2H3. The van der Waals surface area contributed by atoms with Crippen molar-refractivity contribution in [1.82, 2.24) is 0 Å². The van der Waals surface area contributed by atoms with Crippen molar-refractivity contribution in [3.05, 3.63) is 66.7 Å². The van der Waals surface area contributed by atoms with Crippen molar-refractivity contribution in [2.45, 2.75) is 0 Å². The van der Waals surface area contributed by atoms with E-state index in [0.717, 1.165) is 38.5 Å². The van der Waals surface area contributed by atoms with Crippen LogP contribution in [-0.4, -0.2) is 42.1 Å². The average Bonchev–Trinajstić information content (AvgIpc) is 2.73. The largest absolute Gasteiger partial charge is 0.465 e. The van der Waals surface area contributed by atoms with Crippen LogP contribution in [0.25, 0.3) is 0 Å². The highest BCUT2D eigenvalue weighted by atomic mass is 17.0. The number of benzene rings is 2. The first-order valence-corrected chi connectivity index (χ1v) is 8.23. The van der Waals surface area contributed by atoms with E-state index in [2.05, 4.69) is 19.1 Å². The smallest absolute Gasteiger partial charge is 0.340 e. The molecule has 0 fully saturated rings. The molecule has 2 rings (SSSR count). The van der Waals surface area contributed by atoms with Gasteiger partial charge in [-0.2, -0.15) is 0 Å². The lowest BCUT2D eigenvalue weighted by molar-refractivity contribution is -0.710. The molecule has 0 spiro atoms. The third-order valence-electron chi connectivity index (χ3n) is 3.90. The van der Waals surface area contributed by atoms with Crippen LogP contribution in [0.15, 0.2) is 24.3 Å². The maximum Gasteiger partial charge on any atom is 0.340 e. The zero-order valence-corrected chi connectivity index (χ0v) is 16.3. The van der Waals surface area contributed by atoms with Gasteiger partial charge in [0.2, 0.25) is 0 Å². The Balaban J connectivity index is 2.66. The Hall–Kier alpha value is -4.95. The first-order valence-electron chi connectivity index (χ1n) is 8.23. The molecule has 4 N–H and O–H groups in total. The van der Waals surface area contributed by atoms with Crippen LogP contribution in [0.1, 0.15) is 36.6 Å². The Labute approximate surface area is 177 Å². The second-order valence-electron chi connectivity index (χ2n) is 5.83. The van der Waals surface area contributed by atoms with E-state index in [-0.39, 0.29) is 11.1 Å². The molecule has 15 heteroatoms. The molecule has 15 nitrogen and oxygen atoms in total. The third-order valence-corrected chi connectivity index (χ3v) is 3.90. The van der Waals surface area contributed by atoms with Crippen LogP contribution in [0.5, 0.6) is 11.5 Å². The highest BCUT2D eigenvalue weighted by Crippen LogP contribution is 2.33. The summed E-state index contributed by atoms with van der Waals surface area (Å²) in [5.74, 6) is -4.34. The predicted molar refractivity (Wildman–Crippen MR) is 103 cm³/mol. The van der Waals surface area contributed by atoms with Crippen molar-refractivity contribution in [2.24, 2.45) is 0 Å². The molecular weight excluding hydrogens is 436 g/mol. The molecule has 0 amide bonds. The quantitative estimate of drug-likeness (QED) is 0.187. The molecule has 0 aliphatic carbocycles. The van der Waals surface area contributed by atoms with E-state index in [1.807, 2.05) is 0 Å². The minimum atomic E-state index is -1.21. The fourth-order valence-electron chi connectivity index (χ4n) is 2.61. The van der Waals surface area contributed by atoms with Gasteiger partial charge in [-0.05, 0) is 24.3 Å². The van der Waals surface area contributed by atoms with Gasteiger partial charge in [-0.3, -0.25) is 14.5 Å². The molecule has 0 aliphatic heterocycles. The SMILES string of the molecule is COC(=O)c1cc(C(=O)c2cc(N)c(O[N+](=O)[O-])c(C(=O)OC)c2)cc(N)c1O[N+](=O)[O-]. The number of esters is 2. The molecular formula is C17H14N4O11. The first kappa shape index (κ1) is 23.3. The van der Waals surface area contributed by atoms with Gasteiger partial charge in [0.25, 0.3) is 10.2 Å². The highest BCUT2D eigenvalue weighted by Gasteiger charge is 2.25. The zero-order valence-electron chi connectivity index (χ0n) is 16.3. The number of nitrogens with zero attached hydrogens (tertiary/aromatic N) is 2. The first-order chi connectivity index (χ1) is 15.0. The molecule has 168 valence electrons. The van der Waals surface area contributed by atoms with E-state index < -0.39 is 61.9 Å². The number of nitrogen functional groups attached to an aromatic ring is 2. The molecule has 0 unspecified atom stereocenters. The van der Waals surface area contributed by atoms with Gasteiger partial charge in [-0.25, -0.2) is 9.59 Å². The highest BCUT2D eigenvalue weighted by molar-refractivity contribution is 6.13. The maximum absolute atomic E-state index is 13.0. The van der Waals surface area contributed by atoms with E-state index in [1.54, 1.807) is 0 Å². The van der Waals surface area contributed by atoms with E-state index in [9.17, 15) is 34.6 Å². The topological polar surface area (TPSA) is 226 Å². The summed E-state index contributed by atoms with van der Waals surface area (Å²) >= 11 is 0. The molecule has 0 saturated carbocycles. The van der Waals surface area contributed by atoms with Crippen molar-refractivity contribution in [2.75, 3.05) is 25.7 Å². The van der Waals surface area contributed by atoms with Crippen molar-refractivity contribution in [3.8, 4) is 11.5 Å². The summed E-state index contributed by atoms with van der Waals surface area (Å²) in [5.41, 5.74) is 8.94. The second-order valence-corrected chi connectivity index (χ2v) is 5.83. The molecule has 0 saturated heterocycles. The number of carbonyl (C=O) groups is 3. The maximum atomic E-state index is 13.0. The molecule has 0 radical (unpaired) electrons. The van der Waals surface area contributed by atoms with E-state index in [0.29, 0.717) is 0 Å². The van der Waals surface area contributed by atoms with Crippen LogP contribution < -0.4 is 21.1 Å². The number of nitrogens with two attached hydrogens (primary N) is 2. The lowest BCUT2D eigenvalue weighted by atomic mass is 9.97. The Morgan fingerprint density at radius 1 is 0.750 bits per heavy atom. The van der Waals surface area contributed by atoms with Gasteiger partial charge in [0, 0.05) is 11.1 Å². The summed E-state index contributed by atoms with van der Waals surface area (Å²) in [6.45, 7) is 0. The number of hydrogen-bond donors (Lipinski definition) is 2. The van der Waals surface area contributed by atoms with Gasteiger partial charge < -0.3 is 20.9 Å². The van der Waals surface area contributed by atoms with Crippen LogP contribution in [0.2, 0.25) is 0 Å². The normalized spacial score (nSPS) is 10.1. The molecule has 0 atom stereocenters. The van der Waals surface area contributed by atoms with Crippen LogP contribution in [0.3, 0.4) is 0 Å². The number of hydrogen-bond acceptors (Lipinski definition) is 13. The Kier molecular flexibility index (Phi) is 6.74. The van der Waals surface area contributed by atoms with Crippen LogP contribution in [-0.2, 0) is 9.47 Å². The predicted octanol–water partition coefficient (Wildman–Crippen LogP) is 0.796. The van der Waals surface area contributed by atoms with Crippen LogP contribution in [0.4, 0.5) is 11.4 Å². The lowest BCUT2D eigenvalue weighted by Crippen LogP contribution is -2.15. The van der Waals surface area contributed by atoms with Gasteiger partial charge >= 0.3 is 11.9 Å². The summed E-state index contributed by atoms with van der Waals surface area (Å²) in [5, 5.41) is 19.0. The number of rotatable bonds is 8. The molecule has 0 bridgehead atoms. The fraction of sp³-hybridized carbons (Fsp3) is 0.118.